The van der Waals surface area contributed by atoms with Crippen molar-refractivity contribution in [1.82, 2.24) is 0 Å². The average Bonchev–Trinajstić information content (AvgIpc) is 2.27. The highest BCUT2D eigenvalue weighted by Crippen LogP contribution is 2.23. The SMILES string of the molecule is C=C/C=C(/O[Si](C)(C)C)c1ccc(OC)cc1. The maximum absolute atomic E-state index is 6.03. The lowest BCUT2D eigenvalue weighted by Gasteiger charge is -2.22. The molecule has 0 radical (unpaired) electrons. The van der Waals surface area contributed by atoms with Crippen molar-refractivity contribution >= 4 is 14.1 Å². The molecule has 0 saturated carbocycles. The largest absolute Gasteiger partial charge is 0.544 e. The van der Waals surface area contributed by atoms with Crippen LogP contribution in [-0.4, -0.2) is 15.4 Å². The highest BCUT2D eigenvalue weighted by molar-refractivity contribution is 6.70. The van der Waals surface area contributed by atoms with Crippen molar-refractivity contribution in [3.63, 3.8) is 0 Å². The Morgan fingerprint density at radius 1 is 1.18 bits per heavy atom. The van der Waals surface area contributed by atoms with Gasteiger partial charge in [-0.15, -0.1) is 0 Å². The monoisotopic (exact) mass is 248 g/mol. The molecule has 0 aliphatic heterocycles. The van der Waals surface area contributed by atoms with Crippen LogP contribution in [0.3, 0.4) is 0 Å². The van der Waals surface area contributed by atoms with Crippen LogP contribution in [0.5, 0.6) is 5.75 Å². The van der Waals surface area contributed by atoms with Gasteiger partial charge < -0.3 is 9.16 Å². The predicted molar refractivity (Wildman–Crippen MR) is 75.6 cm³/mol. The minimum absolute atomic E-state index is 0.847. The van der Waals surface area contributed by atoms with E-state index in [0.29, 0.717) is 0 Å². The Hall–Kier alpha value is -1.48. The first-order valence-electron chi connectivity index (χ1n) is 5.62. The lowest BCUT2D eigenvalue weighted by Crippen LogP contribution is -2.24. The molecule has 1 rings (SSSR count). The summed E-state index contributed by atoms with van der Waals surface area (Å²) in [6.45, 7) is 10.2. The fourth-order valence-electron chi connectivity index (χ4n) is 1.38. The maximum atomic E-state index is 6.03. The molecule has 0 unspecified atom stereocenters. The Kier molecular flexibility index (Phi) is 4.58. The van der Waals surface area contributed by atoms with Gasteiger partial charge in [-0.25, -0.2) is 0 Å². The second-order valence-electron chi connectivity index (χ2n) is 4.71. The summed E-state index contributed by atoms with van der Waals surface area (Å²) in [6, 6.07) is 7.85. The van der Waals surface area contributed by atoms with Gasteiger partial charge in [0.15, 0.2) is 0 Å². The minimum atomic E-state index is -1.61. The van der Waals surface area contributed by atoms with Gasteiger partial charge in [0.2, 0.25) is 8.32 Å². The molecule has 0 spiro atoms. The third-order valence-electron chi connectivity index (χ3n) is 2.06. The van der Waals surface area contributed by atoms with E-state index >= 15 is 0 Å². The van der Waals surface area contributed by atoms with Gasteiger partial charge in [0.1, 0.15) is 11.5 Å². The number of hydrogen-bond donors (Lipinski definition) is 0. The van der Waals surface area contributed by atoms with Crippen molar-refractivity contribution < 1.29 is 9.16 Å². The molecule has 0 aliphatic rings. The van der Waals surface area contributed by atoms with Crippen LogP contribution in [0.15, 0.2) is 43.0 Å². The molecule has 0 N–H and O–H groups in total. The number of methoxy groups -OCH3 is 1. The van der Waals surface area contributed by atoms with Crippen LogP contribution in [0.2, 0.25) is 19.6 Å². The van der Waals surface area contributed by atoms with E-state index in [1.165, 1.54) is 0 Å². The van der Waals surface area contributed by atoms with Crippen molar-refractivity contribution in [2.75, 3.05) is 7.11 Å². The van der Waals surface area contributed by atoms with Crippen molar-refractivity contribution in [2.24, 2.45) is 0 Å². The first-order chi connectivity index (χ1) is 7.96. The average molecular weight is 248 g/mol. The second-order valence-corrected chi connectivity index (χ2v) is 9.14. The normalized spacial score (nSPS) is 12.1. The molecule has 0 atom stereocenters. The summed E-state index contributed by atoms with van der Waals surface area (Å²) in [5, 5.41) is 0. The number of allylic oxidation sites excluding steroid dienone is 2. The first kappa shape index (κ1) is 13.6. The Labute approximate surface area is 105 Å². The minimum Gasteiger partial charge on any atom is -0.544 e. The molecule has 1 aromatic rings. The zero-order valence-corrected chi connectivity index (χ0v) is 12.0. The molecule has 1 aromatic carbocycles. The van der Waals surface area contributed by atoms with E-state index < -0.39 is 8.32 Å². The van der Waals surface area contributed by atoms with Gasteiger partial charge in [0.05, 0.1) is 7.11 Å². The summed E-state index contributed by atoms with van der Waals surface area (Å²) in [7, 11) is 0.0512. The van der Waals surface area contributed by atoms with Gasteiger partial charge in [-0.3, -0.25) is 0 Å². The van der Waals surface area contributed by atoms with Gasteiger partial charge in [0.25, 0.3) is 0 Å². The third-order valence-corrected chi connectivity index (χ3v) is 2.89. The lowest BCUT2D eigenvalue weighted by atomic mass is 10.2. The van der Waals surface area contributed by atoms with E-state index in [9.17, 15) is 0 Å². The zero-order valence-electron chi connectivity index (χ0n) is 11.0. The molecule has 0 heterocycles. The van der Waals surface area contributed by atoms with E-state index in [4.69, 9.17) is 9.16 Å². The quantitative estimate of drug-likeness (QED) is 0.444. The molecule has 2 nitrogen and oxygen atoms in total. The maximum Gasteiger partial charge on any atom is 0.242 e. The Bertz CT molecular complexity index is 399. The van der Waals surface area contributed by atoms with Gasteiger partial charge in [0, 0.05) is 5.56 Å². The van der Waals surface area contributed by atoms with Gasteiger partial charge in [-0.05, 0) is 50.0 Å². The first-order valence-corrected chi connectivity index (χ1v) is 9.03. The molecule has 0 saturated heterocycles. The standard InChI is InChI=1S/C14H20O2Si/c1-6-7-14(16-17(3,4)5)12-8-10-13(15-2)11-9-12/h6-11H,1H2,2-5H3/b14-7+. The van der Waals surface area contributed by atoms with Crippen LogP contribution in [-0.2, 0) is 4.43 Å². The molecular weight excluding hydrogens is 228 g/mol. The summed E-state index contributed by atoms with van der Waals surface area (Å²) >= 11 is 0. The summed E-state index contributed by atoms with van der Waals surface area (Å²) in [5.74, 6) is 1.72. The van der Waals surface area contributed by atoms with Crippen LogP contribution in [0.1, 0.15) is 5.56 Å². The Balaban J connectivity index is 2.98. The van der Waals surface area contributed by atoms with Crippen LogP contribution in [0.25, 0.3) is 5.76 Å². The van der Waals surface area contributed by atoms with E-state index in [1.54, 1.807) is 13.2 Å². The lowest BCUT2D eigenvalue weighted by molar-refractivity contribution is 0.414. The molecule has 0 aliphatic carbocycles. The van der Waals surface area contributed by atoms with Crippen LogP contribution in [0, 0.1) is 0 Å². The molecule has 92 valence electrons. The summed E-state index contributed by atoms with van der Waals surface area (Å²) in [6.07, 6.45) is 3.65. The third kappa shape index (κ3) is 4.49. The van der Waals surface area contributed by atoms with Crippen molar-refractivity contribution in [1.29, 1.82) is 0 Å². The summed E-state index contributed by atoms with van der Waals surface area (Å²) in [4.78, 5) is 0. The molecule has 0 fully saturated rings. The Morgan fingerprint density at radius 2 is 1.76 bits per heavy atom. The fourth-order valence-corrected chi connectivity index (χ4v) is 2.23. The Morgan fingerprint density at radius 3 is 2.18 bits per heavy atom. The highest BCUT2D eigenvalue weighted by Gasteiger charge is 2.18. The predicted octanol–water partition coefficient (Wildman–Crippen LogP) is 4.07. The van der Waals surface area contributed by atoms with Crippen molar-refractivity contribution in [2.45, 2.75) is 19.6 Å². The van der Waals surface area contributed by atoms with E-state index in [2.05, 4.69) is 26.2 Å². The van der Waals surface area contributed by atoms with Gasteiger partial charge in [-0.1, -0.05) is 12.7 Å². The van der Waals surface area contributed by atoms with Crippen LogP contribution < -0.4 is 4.74 Å². The topological polar surface area (TPSA) is 18.5 Å². The number of hydrogen-bond acceptors (Lipinski definition) is 2. The van der Waals surface area contributed by atoms with Crippen LogP contribution in [0.4, 0.5) is 0 Å². The second kappa shape index (κ2) is 5.73. The van der Waals surface area contributed by atoms with Gasteiger partial charge >= 0.3 is 0 Å². The molecular formula is C14H20O2Si. The molecule has 3 heteroatoms. The number of rotatable bonds is 5. The highest BCUT2D eigenvalue weighted by atomic mass is 28.4. The zero-order chi connectivity index (χ0) is 12.9. The number of benzene rings is 1. The molecule has 17 heavy (non-hydrogen) atoms. The molecule has 0 bridgehead atoms. The molecule has 0 amide bonds. The fraction of sp³-hybridized carbons (Fsp3) is 0.286. The summed E-state index contributed by atoms with van der Waals surface area (Å²) in [5.41, 5.74) is 1.05. The van der Waals surface area contributed by atoms with Gasteiger partial charge in [-0.2, -0.15) is 0 Å². The number of ether oxygens (including phenoxy) is 1. The van der Waals surface area contributed by atoms with E-state index in [-0.39, 0.29) is 0 Å². The van der Waals surface area contributed by atoms with Crippen molar-refractivity contribution in [3.05, 3.63) is 48.6 Å². The summed E-state index contributed by atoms with van der Waals surface area (Å²) < 4.78 is 11.2. The van der Waals surface area contributed by atoms with E-state index in [0.717, 1.165) is 17.1 Å². The van der Waals surface area contributed by atoms with Crippen LogP contribution >= 0.6 is 0 Å². The van der Waals surface area contributed by atoms with Crippen molar-refractivity contribution in [3.8, 4) is 5.75 Å². The smallest absolute Gasteiger partial charge is 0.242 e. The molecule has 0 aromatic heterocycles. The van der Waals surface area contributed by atoms with E-state index in [1.807, 2.05) is 30.3 Å².